The van der Waals surface area contributed by atoms with Gasteiger partial charge in [-0.25, -0.2) is 0 Å². The molecule has 0 aromatic rings. The molecule has 6 heteroatoms. The van der Waals surface area contributed by atoms with Gasteiger partial charge in [-0.3, -0.25) is 4.79 Å². The molecule has 3 N–H and O–H groups in total. The third kappa shape index (κ3) is 4.54. The number of azide groups is 1. The molecule has 0 heterocycles. The molecule has 0 aliphatic carbocycles. The van der Waals surface area contributed by atoms with Gasteiger partial charge in [-0.2, -0.15) is 0 Å². The molecule has 0 saturated heterocycles. The van der Waals surface area contributed by atoms with Crippen molar-refractivity contribution in [3.8, 4) is 0 Å². The van der Waals surface area contributed by atoms with Gasteiger partial charge in [-0.1, -0.05) is 11.5 Å². The Morgan fingerprint density at radius 3 is 2.75 bits per heavy atom. The van der Waals surface area contributed by atoms with Crippen LogP contribution in [0.3, 0.4) is 0 Å². The fourth-order valence-electron chi connectivity index (χ4n) is 0.775. The molecule has 6 nitrogen and oxygen atoms in total. The molecular weight excluding hydrogens is 160 g/mol. The van der Waals surface area contributed by atoms with Crippen LogP contribution >= 0.6 is 0 Å². The van der Waals surface area contributed by atoms with Crippen LogP contribution in [-0.2, 0) is 4.79 Å². The number of nitrogens with two attached hydrogens (primary N) is 1. The number of carbonyl (C=O) groups is 1. The van der Waals surface area contributed by atoms with E-state index in [1.54, 1.807) is 0 Å². The van der Waals surface area contributed by atoms with E-state index in [9.17, 15) is 4.79 Å². The molecular formula is C6H12N4O2. The Balaban J connectivity index is 3.79. The van der Waals surface area contributed by atoms with Crippen LogP contribution in [0.5, 0.6) is 0 Å². The second-order valence-electron chi connectivity index (χ2n) is 2.34. The zero-order valence-electron chi connectivity index (χ0n) is 6.68. The second-order valence-corrected chi connectivity index (χ2v) is 2.34. The lowest BCUT2D eigenvalue weighted by Crippen LogP contribution is -2.17. The van der Waals surface area contributed by atoms with Gasteiger partial charge in [0.05, 0.1) is 0 Å². The lowest BCUT2D eigenvalue weighted by Gasteiger charge is -2.03. The van der Waals surface area contributed by atoms with Gasteiger partial charge in [0.25, 0.3) is 0 Å². The first-order valence-corrected chi connectivity index (χ1v) is 3.69. The quantitative estimate of drug-likeness (QED) is 0.268. The Hall–Kier alpha value is -1.26. The number of carboxylic acid groups (broad SMARTS) is 1. The zero-order valence-corrected chi connectivity index (χ0v) is 6.68. The van der Waals surface area contributed by atoms with Crippen molar-refractivity contribution in [2.45, 2.75) is 25.3 Å². The summed E-state index contributed by atoms with van der Waals surface area (Å²) >= 11 is 0. The minimum atomic E-state index is -1.08. The minimum Gasteiger partial charge on any atom is -0.481 e. The van der Waals surface area contributed by atoms with Gasteiger partial charge < -0.3 is 10.8 Å². The van der Waals surface area contributed by atoms with E-state index in [1.165, 1.54) is 0 Å². The summed E-state index contributed by atoms with van der Waals surface area (Å²) in [4.78, 5) is 12.8. The summed E-state index contributed by atoms with van der Waals surface area (Å²) in [7, 11) is 0. The highest BCUT2D eigenvalue weighted by atomic mass is 16.4. The Labute approximate surface area is 70.0 Å². The van der Waals surface area contributed by atoms with Crippen molar-refractivity contribution in [3.05, 3.63) is 10.4 Å². The van der Waals surface area contributed by atoms with Crippen LogP contribution in [0.2, 0.25) is 0 Å². The number of unbranched alkanes of at least 4 members (excludes halogenated alkanes) is 1. The zero-order chi connectivity index (χ0) is 9.40. The molecule has 0 amide bonds. The summed E-state index contributed by atoms with van der Waals surface area (Å²) in [6.07, 6.45) is 1.79. The standard InChI is InChI=1S/C6H12N4O2/c7-4-2-1-3-5(6(11)12)9-10-8/h5H,1-4,7H2,(H,11,12)/t5-/m0/s1. The molecule has 0 spiro atoms. The molecule has 0 rings (SSSR count). The van der Waals surface area contributed by atoms with Gasteiger partial charge in [-0.15, -0.1) is 0 Å². The summed E-state index contributed by atoms with van der Waals surface area (Å²) in [5.74, 6) is -1.08. The van der Waals surface area contributed by atoms with Crippen molar-refractivity contribution in [1.82, 2.24) is 0 Å². The monoisotopic (exact) mass is 172 g/mol. The number of aliphatic carboxylic acids is 1. The fraction of sp³-hybridized carbons (Fsp3) is 0.833. The average Bonchev–Trinajstić information content (AvgIpc) is 2.03. The smallest absolute Gasteiger partial charge is 0.312 e. The predicted molar refractivity (Wildman–Crippen MR) is 43.5 cm³/mol. The van der Waals surface area contributed by atoms with E-state index in [0.717, 1.165) is 6.42 Å². The number of carboxylic acids is 1. The summed E-state index contributed by atoms with van der Waals surface area (Å²) in [6, 6.07) is -0.943. The van der Waals surface area contributed by atoms with Crippen LogP contribution in [0, 0.1) is 0 Å². The molecule has 12 heavy (non-hydrogen) atoms. The third-order valence-corrected chi connectivity index (χ3v) is 1.41. The Bertz CT molecular complexity index is 186. The first-order chi connectivity index (χ1) is 5.72. The molecule has 0 aliphatic heterocycles. The number of nitrogens with zero attached hydrogens (tertiary/aromatic N) is 3. The van der Waals surface area contributed by atoms with Crippen molar-refractivity contribution >= 4 is 5.97 Å². The van der Waals surface area contributed by atoms with Gasteiger partial charge in [0.1, 0.15) is 6.04 Å². The predicted octanol–water partition coefficient (Wildman–Crippen LogP) is 0.879. The normalized spacial score (nSPS) is 11.8. The fourth-order valence-corrected chi connectivity index (χ4v) is 0.775. The summed E-state index contributed by atoms with van der Waals surface area (Å²) in [5, 5.41) is 11.6. The minimum absolute atomic E-state index is 0.358. The first-order valence-electron chi connectivity index (χ1n) is 3.69. The van der Waals surface area contributed by atoms with Crippen LogP contribution in [0.15, 0.2) is 5.11 Å². The Morgan fingerprint density at radius 1 is 1.67 bits per heavy atom. The highest BCUT2D eigenvalue weighted by Gasteiger charge is 2.13. The molecule has 0 fully saturated rings. The maximum absolute atomic E-state index is 10.4. The number of hydrogen-bond acceptors (Lipinski definition) is 3. The van der Waals surface area contributed by atoms with E-state index in [2.05, 4.69) is 10.0 Å². The average molecular weight is 172 g/mol. The number of hydrogen-bond donors (Lipinski definition) is 2. The maximum Gasteiger partial charge on any atom is 0.312 e. The highest BCUT2D eigenvalue weighted by molar-refractivity contribution is 5.73. The van der Waals surface area contributed by atoms with Gasteiger partial charge in [0.2, 0.25) is 0 Å². The van der Waals surface area contributed by atoms with E-state index in [-0.39, 0.29) is 0 Å². The number of rotatable bonds is 6. The van der Waals surface area contributed by atoms with Gasteiger partial charge in [0.15, 0.2) is 0 Å². The Morgan fingerprint density at radius 2 is 2.33 bits per heavy atom. The van der Waals surface area contributed by atoms with Crippen molar-refractivity contribution in [1.29, 1.82) is 0 Å². The molecule has 0 aromatic carbocycles. The third-order valence-electron chi connectivity index (χ3n) is 1.41. The van der Waals surface area contributed by atoms with E-state index in [1.807, 2.05) is 0 Å². The van der Waals surface area contributed by atoms with Gasteiger partial charge in [0, 0.05) is 4.91 Å². The molecule has 0 unspecified atom stereocenters. The van der Waals surface area contributed by atoms with E-state index in [0.29, 0.717) is 19.4 Å². The molecule has 0 bridgehead atoms. The largest absolute Gasteiger partial charge is 0.481 e. The van der Waals surface area contributed by atoms with Crippen LogP contribution < -0.4 is 5.73 Å². The molecule has 1 atom stereocenters. The second kappa shape index (κ2) is 6.45. The van der Waals surface area contributed by atoms with Crippen LogP contribution in [0.4, 0.5) is 0 Å². The molecule has 0 aromatic heterocycles. The molecule has 0 aliphatic rings. The topological polar surface area (TPSA) is 112 Å². The van der Waals surface area contributed by atoms with Gasteiger partial charge in [-0.05, 0) is 24.9 Å². The molecule has 0 radical (unpaired) electrons. The lowest BCUT2D eigenvalue weighted by molar-refractivity contribution is -0.138. The van der Waals surface area contributed by atoms with Crippen LogP contribution in [0.25, 0.3) is 10.4 Å². The molecule has 68 valence electrons. The molecule has 0 saturated carbocycles. The van der Waals surface area contributed by atoms with Crippen LogP contribution in [-0.4, -0.2) is 23.7 Å². The van der Waals surface area contributed by atoms with E-state index < -0.39 is 12.0 Å². The van der Waals surface area contributed by atoms with Gasteiger partial charge >= 0.3 is 5.97 Å². The summed E-state index contributed by atoms with van der Waals surface area (Å²) in [6.45, 7) is 0.530. The maximum atomic E-state index is 10.4. The highest BCUT2D eigenvalue weighted by Crippen LogP contribution is 2.04. The Kier molecular flexibility index (Phi) is 5.77. The van der Waals surface area contributed by atoms with Crippen molar-refractivity contribution in [2.75, 3.05) is 6.54 Å². The van der Waals surface area contributed by atoms with Crippen molar-refractivity contribution in [2.24, 2.45) is 10.8 Å². The van der Waals surface area contributed by atoms with E-state index in [4.69, 9.17) is 16.4 Å². The van der Waals surface area contributed by atoms with Crippen molar-refractivity contribution in [3.63, 3.8) is 0 Å². The van der Waals surface area contributed by atoms with E-state index >= 15 is 0 Å². The lowest BCUT2D eigenvalue weighted by atomic mass is 10.1. The van der Waals surface area contributed by atoms with Crippen LogP contribution in [0.1, 0.15) is 19.3 Å². The summed E-state index contributed by atoms with van der Waals surface area (Å²) in [5.41, 5.74) is 13.2. The first kappa shape index (κ1) is 10.7. The summed E-state index contributed by atoms with van der Waals surface area (Å²) < 4.78 is 0. The van der Waals surface area contributed by atoms with Crippen molar-refractivity contribution < 1.29 is 9.90 Å². The SMILES string of the molecule is [N-]=[N+]=N[C@@H](CCCCN)C(=O)O.